The van der Waals surface area contributed by atoms with Gasteiger partial charge in [-0.3, -0.25) is 4.79 Å². The molecule has 2 aromatic carbocycles. The minimum atomic E-state index is -3.62. The number of para-hydroxylation sites is 1. The molecule has 30 heavy (non-hydrogen) atoms. The maximum Gasteiger partial charge on any atom is 0.243 e. The second kappa shape index (κ2) is 9.78. The summed E-state index contributed by atoms with van der Waals surface area (Å²) in [7, 11) is -3.62. The second-order valence-corrected chi connectivity index (χ2v) is 9.68. The summed E-state index contributed by atoms with van der Waals surface area (Å²) in [5.74, 6) is -0.0944. The zero-order valence-corrected chi connectivity index (χ0v) is 18.4. The molecule has 1 amide bonds. The van der Waals surface area contributed by atoms with Crippen molar-refractivity contribution in [1.29, 1.82) is 0 Å². The van der Waals surface area contributed by atoms with Crippen LogP contribution in [0.5, 0.6) is 0 Å². The Bertz CT molecular complexity index is 944. The average molecular weight is 452 g/mol. The predicted molar refractivity (Wildman–Crippen MR) is 117 cm³/mol. The summed E-state index contributed by atoms with van der Waals surface area (Å²) in [6.45, 7) is 3.25. The van der Waals surface area contributed by atoms with Crippen LogP contribution in [0.25, 0.3) is 0 Å². The van der Waals surface area contributed by atoms with Crippen molar-refractivity contribution in [3.8, 4) is 0 Å². The number of hydrogen-bond acceptors (Lipinski definition) is 5. The first kappa shape index (κ1) is 22.6. The molecule has 1 aliphatic heterocycles. The molecule has 3 rings (SSSR count). The standard InChI is InChI=1S/C21H26ClN3O4S/c1-17(26)15-24(19-5-3-2-4-6-19)16-21(27)23-11-13-25(14-12-23)30(28,29)20-9-7-18(22)8-10-20/h2-10,17,26H,11-16H2,1H3. The zero-order valence-electron chi connectivity index (χ0n) is 16.8. The Morgan fingerprint density at radius 1 is 1.07 bits per heavy atom. The van der Waals surface area contributed by atoms with E-state index in [1.165, 1.54) is 16.4 Å². The molecule has 1 saturated heterocycles. The molecule has 162 valence electrons. The van der Waals surface area contributed by atoms with Crippen molar-refractivity contribution < 1.29 is 18.3 Å². The number of halogens is 1. The number of sulfonamides is 1. The maximum atomic E-state index is 12.8. The lowest BCUT2D eigenvalue weighted by Gasteiger charge is -2.35. The lowest BCUT2D eigenvalue weighted by atomic mass is 10.2. The predicted octanol–water partition coefficient (Wildman–Crippen LogP) is 2.06. The number of amides is 1. The minimum absolute atomic E-state index is 0.0944. The molecule has 9 heteroatoms. The van der Waals surface area contributed by atoms with Crippen LogP contribution in [0.15, 0.2) is 59.5 Å². The quantitative estimate of drug-likeness (QED) is 0.696. The Kier molecular flexibility index (Phi) is 7.36. The minimum Gasteiger partial charge on any atom is -0.392 e. The van der Waals surface area contributed by atoms with Gasteiger partial charge in [-0.15, -0.1) is 0 Å². The van der Waals surface area contributed by atoms with Crippen LogP contribution in [0.4, 0.5) is 5.69 Å². The van der Waals surface area contributed by atoms with Crippen molar-refractivity contribution in [2.75, 3.05) is 44.2 Å². The summed E-state index contributed by atoms with van der Waals surface area (Å²) >= 11 is 5.85. The van der Waals surface area contributed by atoms with Gasteiger partial charge in [0.25, 0.3) is 0 Å². The first-order valence-electron chi connectivity index (χ1n) is 9.79. The van der Waals surface area contributed by atoms with Crippen LogP contribution >= 0.6 is 11.6 Å². The van der Waals surface area contributed by atoms with Gasteiger partial charge in [-0.25, -0.2) is 8.42 Å². The Balaban J connectivity index is 1.62. The number of hydrogen-bond donors (Lipinski definition) is 1. The molecule has 0 saturated carbocycles. The molecule has 2 aromatic rings. The maximum absolute atomic E-state index is 12.8. The molecule has 1 N–H and O–H groups in total. The summed E-state index contributed by atoms with van der Waals surface area (Å²) in [6.07, 6.45) is -0.584. The molecule has 1 atom stereocenters. The molecule has 0 bridgehead atoms. The van der Waals surface area contributed by atoms with Crippen molar-refractivity contribution in [3.63, 3.8) is 0 Å². The van der Waals surface area contributed by atoms with Crippen molar-refractivity contribution in [2.24, 2.45) is 0 Å². The molecule has 0 aromatic heterocycles. The Labute approximate surface area is 182 Å². The van der Waals surface area contributed by atoms with Crippen LogP contribution in [0.3, 0.4) is 0 Å². The lowest BCUT2D eigenvalue weighted by molar-refractivity contribution is -0.130. The SMILES string of the molecule is CC(O)CN(CC(=O)N1CCN(S(=O)(=O)c2ccc(Cl)cc2)CC1)c1ccccc1. The Morgan fingerprint density at radius 3 is 2.23 bits per heavy atom. The van der Waals surface area contributed by atoms with Gasteiger partial charge in [-0.1, -0.05) is 29.8 Å². The highest BCUT2D eigenvalue weighted by Crippen LogP contribution is 2.20. The molecule has 7 nitrogen and oxygen atoms in total. The number of carbonyl (C=O) groups excluding carboxylic acids is 1. The summed E-state index contributed by atoms with van der Waals surface area (Å²) in [5, 5.41) is 10.3. The summed E-state index contributed by atoms with van der Waals surface area (Å²) in [5.41, 5.74) is 0.857. The van der Waals surface area contributed by atoms with Gasteiger partial charge in [0.15, 0.2) is 0 Å². The molecular weight excluding hydrogens is 426 g/mol. The molecule has 1 aliphatic rings. The lowest BCUT2D eigenvalue weighted by Crippen LogP contribution is -2.53. The monoisotopic (exact) mass is 451 g/mol. The third-order valence-electron chi connectivity index (χ3n) is 4.97. The highest BCUT2D eigenvalue weighted by molar-refractivity contribution is 7.89. The van der Waals surface area contributed by atoms with Crippen LogP contribution in [0.2, 0.25) is 5.02 Å². The number of benzene rings is 2. The highest BCUT2D eigenvalue weighted by Gasteiger charge is 2.30. The van der Waals surface area contributed by atoms with Crippen molar-refractivity contribution >= 4 is 33.2 Å². The fraction of sp³-hybridized carbons (Fsp3) is 0.381. The number of piperazine rings is 1. The van der Waals surface area contributed by atoms with Gasteiger partial charge in [0.1, 0.15) is 0 Å². The normalized spacial score (nSPS) is 16.3. The van der Waals surface area contributed by atoms with E-state index < -0.39 is 16.1 Å². The first-order chi connectivity index (χ1) is 14.3. The smallest absolute Gasteiger partial charge is 0.243 e. The van der Waals surface area contributed by atoms with Gasteiger partial charge in [0.2, 0.25) is 15.9 Å². The van der Waals surface area contributed by atoms with E-state index in [4.69, 9.17) is 11.6 Å². The van der Waals surface area contributed by atoms with Crippen LogP contribution in [0.1, 0.15) is 6.92 Å². The molecule has 1 fully saturated rings. The highest BCUT2D eigenvalue weighted by atomic mass is 35.5. The number of rotatable bonds is 7. The van der Waals surface area contributed by atoms with Crippen molar-refractivity contribution in [2.45, 2.75) is 17.9 Å². The van der Waals surface area contributed by atoms with Gasteiger partial charge in [-0.2, -0.15) is 4.31 Å². The molecule has 0 aliphatic carbocycles. The summed E-state index contributed by atoms with van der Waals surface area (Å²) in [6, 6.07) is 15.5. The number of aliphatic hydroxyl groups excluding tert-OH is 1. The van der Waals surface area contributed by atoms with E-state index in [1.807, 2.05) is 35.2 Å². The summed E-state index contributed by atoms with van der Waals surface area (Å²) in [4.78, 5) is 16.6. The largest absolute Gasteiger partial charge is 0.392 e. The second-order valence-electron chi connectivity index (χ2n) is 7.30. The van der Waals surface area contributed by atoms with E-state index in [0.29, 0.717) is 24.7 Å². The van der Waals surface area contributed by atoms with Gasteiger partial charge >= 0.3 is 0 Å². The Morgan fingerprint density at radius 2 is 1.67 bits per heavy atom. The van der Waals surface area contributed by atoms with Crippen LogP contribution in [-0.4, -0.2) is 74.0 Å². The van der Waals surface area contributed by atoms with E-state index in [1.54, 1.807) is 24.0 Å². The van der Waals surface area contributed by atoms with Crippen LogP contribution in [0, 0.1) is 0 Å². The molecule has 1 unspecified atom stereocenters. The number of aliphatic hydroxyl groups is 1. The third-order valence-corrected chi connectivity index (χ3v) is 7.14. The average Bonchev–Trinajstić information content (AvgIpc) is 2.74. The van der Waals surface area contributed by atoms with Gasteiger partial charge < -0.3 is 14.9 Å². The van der Waals surface area contributed by atoms with Crippen molar-refractivity contribution in [3.05, 3.63) is 59.6 Å². The summed E-state index contributed by atoms with van der Waals surface area (Å²) < 4.78 is 27.0. The number of nitrogens with zero attached hydrogens (tertiary/aromatic N) is 3. The molecule has 1 heterocycles. The number of carbonyl (C=O) groups is 1. The fourth-order valence-electron chi connectivity index (χ4n) is 3.42. The first-order valence-corrected chi connectivity index (χ1v) is 11.6. The van der Waals surface area contributed by atoms with E-state index in [-0.39, 0.29) is 30.4 Å². The molecular formula is C21H26ClN3O4S. The van der Waals surface area contributed by atoms with Crippen molar-refractivity contribution in [1.82, 2.24) is 9.21 Å². The fourth-order valence-corrected chi connectivity index (χ4v) is 4.96. The van der Waals surface area contributed by atoms with E-state index in [9.17, 15) is 18.3 Å². The third kappa shape index (κ3) is 5.51. The van der Waals surface area contributed by atoms with Gasteiger partial charge in [-0.05, 0) is 43.3 Å². The number of anilines is 1. The van der Waals surface area contributed by atoms with Crippen LogP contribution < -0.4 is 4.90 Å². The van der Waals surface area contributed by atoms with E-state index in [2.05, 4.69) is 0 Å². The van der Waals surface area contributed by atoms with Gasteiger partial charge in [0.05, 0.1) is 17.5 Å². The van der Waals surface area contributed by atoms with Crippen LogP contribution in [-0.2, 0) is 14.8 Å². The molecule has 0 radical (unpaired) electrons. The van der Waals surface area contributed by atoms with Gasteiger partial charge in [0, 0.05) is 43.4 Å². The zero-order chi connectivity index (χ0) is 21.7. The topological polar surface area (TPSA) is 81.2 Å². The van der Waals surface area contributed by atoms with E-state index >= 15 is 0 Å². The van der Waals surface area contributed by atoms with E-state index in [0.717, 1.165) is 5.69 Å². The Hall–Kier alpha value is -2.13. The molecule has 0 spiro atoms.